The van der Waals surface area contributed by atoms with Gasteiger partial charge in [0.05, 0.1) is 7.11 Å². The summed E-state index contributed by atoms with van der Waals surface area (Å²) in [5.74, 6) is 0.677. The van der Waals surface area contributed by atoms with Crippen molar-refractivity contribution in [2.24, 2.45) is 0 Å². The highest BCUT2D eigenvalue weighted by molar-refractivity contribution is 6.20. The Hall–Kier alpha value is -1.22. The first-order chi connectivity index (χ1) is 7.13. The lowest BCUT2D eigenvalue weighted by Gasteiger charge is -2.11. The van der Waals surface area contributed by atoms with Gasteiger partial charge < -0.3 is 4.74 Å². The number of ether oxygens (including phenoxy) is 1. The van der Waals surface area contributed by atoms with Crippen LogP contribution in [0.1, 0.15) is 12.5 Å². The minimum Gasteiger partial charge on any atom is -0.497 e. The summed E-state index contributed by atoms with van der Waals surface area (Å²) in [6, 6.07) is 7.71. The molecule has 3 nitrogen and oxygen atoms in total. The number of hydrogen-bond donors (Lipinski definition) is 0. The van der Waals surface area contributed by atoms with Gasteiger partial charge in [0, 0.05) is 25.2 Å². The van der Waals surface area contributed by atoms with Gasteiger partial charge in [-0.15, -0.1) is 0 Å². The van der Waals surface area contributed by atoms with Crippen LogP contribution in [0.3, 0.4) is 0 Å². The lowest BCUT2D eigenvalue weighted by molar-refractivity contribution is -0.124. The third-order valence-corrected chi connectivity index (χ3v) is 2.48. The molecule has 0 aliphatic rings. The van der Waals surface area contributed by atoms with Crippen molar-refractivity contribution in [1.82, 2.24) is 4.42 Å². The number of carbonyl (C=O) groups is 1. The normalized spacial score (nSPS) is 9.80. The van der Waals surface area contributed by atoms with Gasteiger partial charge in [0.1, 0.15) is 5.75 Å². The molecule has 4 heteroatoms. The Balaban J connectivity index is 2.53. The maximum absolute atomic E-state index is 10.9. The summed E-state index contributed by atoms with van der Waals surface area (Å²) in [6.45, 7) is 1.95. The Morgan fingerprint density at radius 2 is 2.27 bits per heavy atom. The SMILES string of the molecule is COc1cccc(CCN(Cl)C(C)=O)c1. The third kappa shape index (κ3) is 3.80. The summed E-state index contributed by atoms with van der Waals surface area (Å²) in [6.07, 6.45) is 0.722. The predicted octanol–water partition coefficient (Wildman–Crippen LogP) is 2.24. The van der Waals surface area contributed by atoms with Crippen LogP contribution in [-0.2, 0) is 11.2 Å². The first-order valence-corrected chi connectivity index (χ1v) is 5.04. The van der Waals surface area contributed by atoms with E-state index in [1.807, 2.05) is 24.3 Å². The fourth-order valence-electron chi connectivity index (χ4n) is 1.21. The molecule has 1 aromatic carbocycles. The lowest BCUT2D eigenvalue weighted by Crippen LogP contribution is -2.20. The zero-order chi connectivity index (χ0) is 11.3. The summed E-state index contributed by atoms with van der Waals surface area (Å²) < 4.78 is 6.28. The molecule has 0 radical (unpaired) electrons. The monoisotopic (exact) mass is 227 g/mol. The zero-order valence-electron chi connectivity index (χ0n) is 8.87. The van der Waals surface area contributed by atoms with E-state index in [1.54, 1.807) is 7.11 Å². The summed E-state index contributed by atoms with van der Waals surface area (Å²) >= 11 is 5.69. The van der Waals surface area contributed by atoms with Crippen LogP contribution in [0, 0.1) is 0 Å². The van der Waals surface area contributed by atoms with E-state index >= 15 is 0 Å². The van der Waals surface area contributed by atoms with Gasteiger partial charge in [-0.05, 0) is 24.1 Å². The first-order valence-electron chi connectivity index (χ1n) is 4.70. The van der Waals surface area contributed by atoms with E-state index in [0.29, 0.717) is 6.54 Å². The van der Waals surface area contributed by atoms with Crippen LogP contribution in [0.2, 0.25) is 0 Å². The van der Waals surface area contributed by atoms with E-state index in [1.165, 1.54) is 11.3 Å². The molecule has 0 saturated carbocycles. The van der Waals surface area contributed by atoms with Crippen LogP contribution in [0.25, 0.3) is 0 Å². The van der Waals surface area contributed by atoms with Gasteiger partial charge >= 0.3 is 0 Å². The standard InChI is InChI=1S/C11H14ClNO2/c1-9(14)13(12)7-6-10-4-3-5-11(8-10)15-2/h3-5,8H,6-7H2,1-2H3. The third-order valence-electron chi connectivity index (χ3n) is 2.07. The second-order valence-electron chi connectivity index (χ2n) is 3.21. The van der Waals surface area contributed by atoms with Gasteiger partial charge in [0.25, 0.3) is 0 Å². The van der Waals surface area contributed by atoms with Crippen molar-refractivity contribution in [1.29, 1.82) is 0 Å². The molecule has 1 rings (SSSR count). The molecule has 0 heterocycles. The predicted molar refractivity (Wildman–Crippen MR) is 59.9 cm³/mol. The number of carbonyl (C=O) groups excluding carboxylic acids is 1. The largest absolute Gasteiger partial charge is 0.497 e. The molecule has 0 unspecified atom stereocenters. The fraction of sp³-hybridized carbons (Fsp3) is 0.364. The molecule has 0 aliphatic heterocycles. The van der Waals surface area contributed by atoms with Gasteiger partial charge in [-0.3, -0.25) is 9.21 Å². The van der Waals surface area contributed by atoms with Crippen LogP contribution in [0.15, 0.2) is 24.3 Å². The Bertz CT molecular complexity index is 341. The van der Waals surface area contributed by atoms with Crippen molar-refractivity contribution in [2.45, 2.75) is 13.3 Å². The zero-order valence-corrected chi connectivity index (χ0v) is 9.62. The Morgan fingerprint density at radius 1 is 1.53 bits per heavy atom. The molecule has 0 fully saturated rings. The average molecular weight is 228 g/mol. The van der Waals surface area contributed by atoms with E-state index in [4.69, 9.17) is 16.5 Å². The highest BCUT2D eigenvalue weighted by Gasteiger charge is 2.04. The van der Waals surface area contributed by atoms with Gasteiger partial charge in [0.2, 0.25) is 5.91 Å². The molecule has 0 aromatic heterocycles. The van der Waals surface area contributed by atoms with E-state index in [-0.39, 0.29) is 5.91 Å². The molecule has 1 aromatic rings. The molecule has 0 bridgehead atoms. The van der Waals surface area contributed by atoms with Crippen molar-refractivity contribution in [3.05, 3.63) is 29.8 Å². The van der Waals surface area contributed by atoms with E-state index in [2.05, 4.69) is 0 Å². The van der Waals surface area contributed by atoms with Gasteiger partial charge in [0.15, 0.2) is 0 Å². The number of methoxy groups -OCH3 is 1. The van der Waals surface area contributed by atoms with Crippen molar-refractivity contribution < 1.29 is 9.53 Å². The second-order valence-corrected chi connectivity index (χ2v) is 3.61. The quantitative estimate of drug-likeness (QED) is 0.739. The minimum atomic E-state index is -0.139. The van der Waals surface area contributed by atoms with Crippen molar-refractivity contribution in [3.8, 4) is 5.75 Å². The lowest BCUT2D eigenvalue weighted by atomic mass is 10.1. The van der Waals surface area contributed by atoms with Crippen molar-refractivity contribution in [2.75, 3.05) is 13.7 Å². The molecule has 0 saturated heterocycles. The maximum atomic E-state index is 10.9. The van der Waals surface area contributed by atoms with Gasteiger partial charge in [-0.1, -0.05) is 12.1 Å². The van der Waals surface area contributed by atoms with Gasteiger partial charge in [-0.2, -0.15) is 0 Å². The molecule has 0 atom stereocenters. The van der Waals surface area contributed by atoms with Crippen LogP contribution >= 0.6 is 11.8 Å². The number of nitrogens with zero attached hydrogens (tertiary/aromatic N) is 1. The fourth-order valence-corrected chi connectivity index (χ4v) is 1.30. The number of halogens is 1. The summed E-state index contributed by atoms with van der Waals surface area (Å²) in [5, 5.41) is 0. The highest BCUT2D eigenvalue weighted by Crippen LogP contribution is 2.13. The second kappa shape index (κ2) is 5.61. The summed E-state index contributed by atoms with van der Waals surface area (Å²) in [7, 11) is 1.63. The number of amides is 1. The minimum absolute atomic E-state index is 0.139. The van der Waals surface area contributed by atoms with Crippen LogP contribution < -0.4 is 4.74 Å². The van der Waals surface area contributed by atoms with E-state index in [0.717, 1.165) is 17.7 Å². The summed E-state index contributed by atoms with van der Waals surface area (Å²) in [5.41, 5.74) is 1.10. The molecule has 15 heavy (non-hydrogen) atoms. The van der Waals surface area contributed by atoms with Crippen LogP contribution in [-0.4, -0.2) is 24.0 Å². The Morgan fingerprint density at radius 3 is 2.87 bits per heavy atom. The highest BCUT2D eigenvalue weighted by atomic mass is 35.5. The van der Waals surface area contributed by atoms with Crippen molar-refractivity contribution in [3.63, 3.8) is 0 Å². The van der Waals surface area contributed by atoms with E-state index < -0.39 is 0 Å². The molecule has 1 amide bonds. The summed E-state index contributed by atoms with van der Waals surface area (Å²) in [4.78, 5) is 10.9. The first kappa shape index (κ1) is 11.9. The maximum Gasteiger partial charge on any atom is 0.233 e. The Labute approximate surface area is 94.7 Å². The number of hydrogen-bond acceptors (Lipinski definition) is 2. The average Bonchev–Trinajstić information content (AvgIpc) is 2.26. The molecule has 0 spiro atoms. The van der Waals surface area contributed by atoms with Gasteiger partial charge in [-0.25, -0.2) is 0 Å². The molecular formula is C11H14ClNO2. The molecule has 82 valence electrons. The smallest absolute Gasteiger partial charge is 0.233 e. The molecule has 0 N–H and O–H groups in total. The number of rotatable bonds is 4. The van der Waals surface area contributed by atoms with Crippen molar-refractivity contribution >= 4 is 17.7 Å². The van der Waals surface area contributed by atoms with E-state index in [9.17, 15) is 4.79 Å². The van der Waals surface area contributed by atoms with Crippen LogP contribution in [0.5, 0.6) is 5.75 Å². The topological polar surface area (TPSA) is 29.5 Å². The van der Waals surface area contributed by atoms with Crippen LogP contribution in [0.4, 0.5) is 0 Å². The number of benzene rings is 1. The Kier molecular flexibility index (Phi) is 4.43. The molecular weight excluding hydrogens is 214 g/mol. The molecule has 0 aliphatic carbocycles.